The van der Waals surface area contributed by atoms with Gasteiger partial charge < -0.3 is 21.4 Å². The zero-order valence-corrected chi connectivity index (χ0v) is 29.7. The summed E-state index contributed by atoms with van der Waals surface area (Å²) in [6.45, 7) is 9.15. The number of hydrogen-bond acceptors (Lipinski definition) is 4. The number of nitrogens with two attached hydrogens (primary N) is 2. The lowest BCUT2D eigenvalue weighted by Crippen LogP contribution is -1.99. The number of fused-ring (bicyclic) bond motifs is 8. The number of aromatic nitrogens is 4. The van der Waals surface area contributed by atoms with E-state index < -0.39 is 0 Å². The summed E-state index contributed by atoms with van der Waals surface area (Å²) in [5, 5.41) is 0. The minimum absolute atomic E-state index is 0.289. The Morgan fingerprint density at radius 3 is 1.34 bits per heavy atom. The summed E-state index contributed by atoms with van der Waals surface area (Å²) in [5.41, 5.74) is 28.7. The molecule has 6 heteroatoms. The van der Waals surface area contributed by atoms with Gasteiger partial charge in [0.05, 0.1) is 22.8 Å². The maximum absolute atomic E-state index is 6.37. The van der Waals surface area contributed by atoms with Crippen LogP contribution in [0.15, 0.2) is 72.8 Å². The second kappa shape index (κ2) is 14.2. The van der Waals surface area contributed by atoms with Gasteiger partial charge in [-0.2, -0.15) is 0 Å². The number of nitrogens with zero attached hydrogens (tertiary/aromatic N) is 2. The number of nitrogens with one attached hydrogen (secondary N) is 2. The van der Waals surface area contributed by atoms with Crippen molar-refractivity contribution >= 4 is 57.7 Å². The Hall–Kier alpha value is -5.36. The normalized spacial score (nSPS) is 13.5. The second-order valence-corrected chi connectivity index (χ2v) is 13.9. The zero-order valence-electron chi connectivity index (χ0n) is 29.7. The van der Waals surface area contributed by atoms with Crippen LogP contribution in [0.1, 0.15) is 112 Å². The molecule has 7 rings (SSSR count). The van der Waals surface area contributed by atoms with Crippen LogP contribution in [0.3, 0.4) is 0 Å². The van der Waals surface area contributed by atoms with Crippen LogP contribution < -0.4 is 11.5 Å². The highest BCUT2D eigenvalue weighted by Gasteiger charge is 2.21. The molecule has 2 aromatic carbocycles. The second-order valence-electron chi connectivity index (χ2n) is 13.9. The number of unbranched alkanes of at least 4 members (excludes halogenated alkanes) is 2. The van der Waals surface area contributed by atoms with E-state index in [-0.39, 0.29) is 11.8 Å². The molecule has 0 aliphatic carbocycles. The van der Waals surface area contributed by atoms with Crippen molar-refractivity contribution in [2.24, 2.45) is 0 Å². The van der Waals surface area contributed by atoms with Crippen LogP contribution >= 0.6 is 0 Å². The standard InChI is InChI=1S/C44H48N6/c1-5-7-11-27(3)41-33-17-21-37(47-33)43(29-13-9-15-31(45)25-29)39-23-19-35(49-39)42(28(4)12-8-6-2)36-20-24-40(50-36)44(38-22-18-34(41)48-38)30-14-10-16-32(46)26-30/h9-10,13-28,47,50H,5-8,11-12,45-46H2,1-4H3. The van der Waals surface area contributed by atoms with E-state index >= 15 is 0 Å². The van der Waals surface area contributed by atoms with Crippen molar-refractivity contribution in [2.75, 3.05) is 11.5 Å². The molecule has 0 fully saturated rings. The van der Waals surface area contributed by atoms with E-state index in [1.807, 2.05) is 36.4 Å². The number of aromatic amines is 2. The molecule has 6 N–H and O–H groups in total. The van der Waals surface area contributed by atoms with E-state index in [1.54, 1.807) is 0 Å². The van der Waals surface area contributed by atoms with Crippen LogP contribution in [0.2, 0.25) is 0 Å². The summed E-state index contributed by atoms with van der Waals surface area (Å²) in [4.78, 5) is 18.5. The molecule has 254 valence electrons. The molecular formula is C44H48N6. The van der Waals surface area contributed by atoms with Crippen molar-refractivity contribution in [3.05, 3.63) is 107 Å². The number of benzene rings is 2. The molecule has 5 heterocycles. The minimum atomic E-state index is 0.289. The SMILES string of the molecule is CCCCC(C)c1c2nc(c(-c3cccc(N)c3)c3ccc([nH]3)c(C(C)CCCC)c3nc(c(-c4cccc(N)c4)c4ccc1[nH]4)C=C3)C=C2. The topological polar surface area (TPSA) is 109 Å². The van der Waals surface area contributed by atoms with Gasteiger partial charge >= 0.3 is 0 Å². The number of nitrogen functional groups attached to an aromatic ring is 2. The maximum atomic E-state index is 6.37. The van der Waals surface area contributed by atoms with Crippen LogP contribution in [0.25, 0.3) is 68.6 Å². The van der Waals surface area contributed by atoms with Gasteiger partial charge in [-0.1, -0.05) is 77.6 Å². The molecule has 0 saturated heterocycles. The fraction of sp³-hybridized carbons (Fsp3) is 0.273. The van der Waals surface area contributed by atoms with Gasteiger partial charge in [0.15, 0.2) is 0 Å². The fourth-order valence-corrected chi connectivity index (χ4v) is 7.59. The van der Waals surface area contributed by atoms with Crippen LogP contribution in [0.4, 0.5) is 11.4 Å². The summed E-state index contributed by atoms with van der Waals surface area (Å²) < 4.78 is 0. The molecule has 5 aromatic rings. The van der Waals surface area contributed by atoms with E-state index in [0.29, 0.717) is 0 Å². The van der Waals surface area contributed by atoms with E-state index in [4.69, 9.17) is 21.4 Å². The molecule has 2 aliphatic heterocycles. The molecule has 0 spiro atoms. The monoisotopic (exact) mass is 660 g/mol. The summed E-state index contributed by atoms with van der Waals surface area (Å²) in [6, 6.07) is 25.0. The maximum Gasteiger partial charge on any atom is 0.0737 e. The van der Waals surface area contributed by atoms with Gasteiger partial charge in [-0.15, -0.1) is 0 Å². The van der Waals surface area contributed by atoms with Crippen molar-refractivity contribution in [2.45, 2.75) is 78.1 Å². The van der Waals surface area contributed by atoms with Gasteiger partial charge in [-0.25, -0.2) is 9.97 Å². The van der Waals surface area contributed by atoms with Crippen LogP contribution in [0, 0.1) is 0 Å². The van der Waals surface area contributed by atoms with E-state index in [1.165, 1.54) is 11.1 Å². The fourth-order valence-electron chi connectivity index (χ4n) is 7.59. The van der Waals surface area contributed by atoms with Crippen molar-refractivity contribution in [3.63, 3.8) is 0 Å². The highest BCUT2D eigenvalue weighted by atomic mass is 14.8. The Labute approximate surface area is 295 Å². The third-order valence-corrected chi connectivity index (χ3v) is 10.2. The molecule has 0 radical (unpaired) electrons. The van der Waals surface area contributed by atoms with Crippen molar-refractivity contribution in [1.29, 1.82) is 0 Å². The largest absolute Gasteiger partial charge is 0.399 e. The molecule has 8 bridgehead atoms. The first-order chi connectivity index (χ1) is 24.3. The van der Waals surface area contributed by atoms with Crippen LogP contribution in [-0.2, 0) is 0 Å². The minimum Gasteiger partial charge on any atom is -0.399 e. The van der Waals surface area contributed by atoms with E-state index in [2.05, 4.69) is 98.4 Å². The predicted molar refractivity (Wildman–Crippen MR) is 214 cm³/mol. The Kier molecular flexibility index (Phi) is 9.44. The first kappa shape index (κ1) is 33.2. The van der Waals surface area contributed by atoms with E-state index in [9.17, 15) is 0 Å². The summed E-state index contributed by atoms with van der Waals surface area (Å²) in [5.74, 6) is 0.578. The lowest BCUT2D eigenvalue weighted by molar-refractivity contribution is 0.625. The molecule has 0 saturated carbocycles. The van der Waals surface area contributed by atoms with Crippen LogP contribution in [0.5, 0.6) is 0 Å². The molecule has 0 amide bonds. The third-order valence-electron chi connectivity index (χ3n) is 10.2. The molecule has 2 unspecified atom stereocenters. The zero-order chi connectivity index (χ0) is 34.8. The lowest BCUT2D eigenvalue weighted by Gasteiger charge is -2.13. The highest BCUT2D eigenvalue weighted by molar-refractivity contribution is 5.95. The Morgan fingerprint density at radius 1 is 0.540 bits per heavy atom. The Bertz CT molecular complexity index is 2110. The smallest absolute Gasteiger partial charge is 0.0737 e. The van der Waals surface area contributed by atoms with E-state index in [0.717, 1.165) is 117 Å². The molecule has 6 nitrogen and oxygen atoms in total. The average molecular weight is 661 g/mol. The average Bonchev–Trinajstić information content (AvgIpc) is 3.94. The van der Waals surface area contributed by atoms with Gasteiger partial charge in [-0.3, -0.25) is 0 Å². The van der Waals surface area contributed by atoms with Crippen molar-refractivity contribution < 1.29 is 0 Å². The van der Waals surface area contributed by atoms with Gasteiger partial charge in [0, 0.05) is 55.7 Å². The number of H-pyrrole nitrogens is 2. The van der Waals surface area contributed by atoms with Crippen LogP contribution in [-0.4, -0.2) is 19.9 Å². The number of rotatable bonds is 10. The van der Waals surface area contributed by atoms with Gasteiger partial charge in [0.2, 0.25) is 0 Å². The quantitative estimate of drug-likeness (QED) is 0.109. The van der Waals surface area contributed by atoms with Gasteiger partial charge in [0.1, 0.15) is 0 Å². The first-order valence-electron chi connectivity index (χ1n) is 18.2. The summed E-state index contributed by atoms with van der Waals surface area (Å²) in [7, 11) is 0. The molecule has 2 aliphatic rings. The summed E-state index contributed by atoms with van der Waals surface area (Å²) in [6.07, 6.45) is 15.4. The molecule has 2 atom stereocenters. The molecule has 3 aromatic heterocycles. The highest BCUT2D eigenvalue weighted by Crippen LogP contribution is 2.38. The first-order valence-corrected chi connectivity index (χ1v) is 18.2. The summed E-state index contributed by atoms with van der Waals surface area (Å²) >= 11 is 0. The molecule has 50 heavy (non-hydrogen) atoms. The predicted octanol–water partition coefficient (Wildman–Crippen LogP) is 11.7. The number of hydrogen-bond donors (Lipinski definition) is 4. The van der Waals surface area contributed by atoms with Gasteiger partial charge in [-0.05, 0) is 109 Å². The van der Waals surface area contributed by atoms with Gasteiger partial charge in [0.25, 0.3) is 0 Å². The lowest BCUT2D eigenvalue weighted by atomic mass is 9.94. The number of anilines is 2. The third kappa shape index (κ3) is 6.50. The van der Waals surface area contributed by atoms with Crippen molar-refractivity contribution in [3.8, 4) is 22.3 Å². The Balaban J connectivity index is 1.65. The Morgan fingerprint density at radius 2 is 0.940 bits per heavy atom. The molecular weight excluding hydrogens is 613 g/mol. The van der Waals surface area contributed by atoms with Crippen molar-refractivity contribution in [1.82, 2.24) is 19.9 Å².